The van der Waals surface area contributed by atoms with Crippen LogP contribution in [0.15, 0.2) is 65.9 Å². The number of anilines is 2. The second-order valence-corrected chi connectivity index (χ2v) is 11.4. The van der Waals surface area contributed by atoms with Crippen molar-refractivity contribution in [1.29, 1.82) is 0 Å². The fourth-order valence-corrected chi connectivity index (χ4v) is 5.26. The first-order valence-electron chi connectivity index (χ1n) is 12.2. The number of aromatic nitrogens is 3. The molecule has 8 heteroatoms. The minimum atomic E-state index is 0.117. The standard InChI is InChI=1S/C29H27N5O2S/c1-17-11-19(6-10-25(17)36-21-7-9-24-26(13-21)37-18(2)32-24)34-28-22-12-20(5-8-23(22)30-16-31-28)33-27-14-29(3,4)15-35-27/h5-13,16H,14-15H2,1-4H3,(H,30,31,34). The molecule has 1 aliphatic heterocycles. The van der Waals surface area contributed by atoms with Crippen molar-refractivity contribution in [2.45, 2.75) is 34.1 Å². The molecule has 0 atom stereocenters. The highest BCUT2D eigenvalue weighted by Gasteiger charge is 2.29. The zero-order valence-corrected chi connectivity index (χ0v) is 22.0. The summed E-state index contributed by atoms with van der Waals surface area (Å²) in [4.78, 5) is 18.2. The summed E-state index contributed by atoms with van der Waals surface area (Å²) in [6.07, 6.45) is 2.40. The van der Waals surface area contributed by atoms with E-state index in [1.165, 1.54) is 0 Å². The predicted molar refractivity (Wildman–Crippen MR) is 150 cm³/mol. The van der Waals surface area contributed by atoms with Crippen LogP contribution in [0.25, 0.3) is 21.1 Å². The molecule has 0 saturated carbocycles. The predicted octanol–water partition coefficient (Wildman–Crippen LogP) is 7.87. The maximum absolute atomic E-state index is 6.19. The van der Waals surface area contributed by atoms with Gasteiger partial charge in [0, 0.05) is 29.0 Å². The summed E-state index contributed by atoms with van der Waals surface area (Å²) >= 11 is 1.67. The average Bonchev–Trinajstić information content (AvgIpc) is 3.40. The summed E-state index contributed by atoms with van der Waals surface area (Å²) in [6.45, 7) is 9.11. The largest absolute Gasteiger partial charge is 0.480 e. The topological polar surface area (TPSA) is 81.5 Å². The molecule has 0 amide bonds. The van der Waals surface area contributed by atoms with Gasteiger partial charge in [0.15, 0.2) is 5.90 Å². The number of hydrogen-bond acceptors (Lipinski definition) is 8. The zero-order chi connectivity index (χ0) is 25.6. The molecule has 1 N–H and O–H groups in total. The van der Waals surface area contributed by atoms with Gasteiger partial charge in [-0.05, 0) is 67.9 Å². The minimum Gasteiger partial charge on any atom is -0.480 e. The lowest BCUT2D eigenvalue weighted by molar-refractivity contribution is 0.242. The van der Waals surface area contributed by atoms with Crippen LogP contribution in [-0.4, -0.2) is 27.5 Å². The van der Waals surface area contributed by atoms with Crippen LogP contribution < -0.4 is 10.1 Å². The number of benzene rings is 3. The lowest BCUT2D eigenvalue weighted by Crippen LogP contribution is -2.09. The van der Waals surface area contributed by atoms with Crippen LogP contribution in [0.4, 0.5) is 17.2 Å². The molecular formula is C29H27N5O2S. The summed E-state index contributed by atoms with van der Waals surface area (Å²) in [5, 5.41) is 5.39. The van der Waals surface area contributed by atoms with E-state index in [1.54, 1.807) is 17.7 Å². The Morgan fingerprint density at radius 3 is 2.68 bits per heavy atom. The van der Waals surface area contributed by atoms with Crippen molar-refractivity contribution in [1.82, 2.24) is 15.0 Å². The van der Waals surface area contributed by atoms with Crippen LogP contribution in [0.5, 0.6) is 11.5 Å². The van der Waals surface area contributed by atoms with E-state index in [1.807, 2.05) is 62.4 Å². The van der Waals surface area contributed by atoms with E-state index in [4.69, 9.17) is 14.5 Å². The van der Waals surface area contributed by atoms with E-state index in [9.17, 15) is 0 Å². The third-order valence-corrected chi connectivity index (χ3v) is 7.20. The van der Waals surface area contributed by atoms with Crippen LogP contribution in [0, 0.1) is 19.3 Å². The third-order valence-electron chi connectivity index (χ3n) is 6.26. The SMILES string of the molecule is Cc1nc2ccc(Oc3ccc(Nc4ncnc5ccc(N=C6CC(C)(C)CO6)cc45)cc3C)cc2s1. The van der Waals surface area contributed by atoms with E-state index in [0.717, 1.165) is 72.7 Å². The number of nitrogens with zero attached hydrogens (tertiary/aromatic N) is 4. The Bertz CT molecular complexity index is 1670. The Balaban J connectivity index is 1.24. The number of fused-ring (bicyclic) bond motifs is 2. The van der Waals surface area contributed by atoms with Crippen LogP contribution in [0.2, 0.25) is 0 Å². The van der Waals surface area contributed by atoms with Crippen molar-refractivity contribution in [3.8, 4) is 11.5 Å². The molecule has 37 heavy (non-hydrogen) atoms. The molecule has 3 heterocycles. The summed E-state index contributed by atoms with van der Waals surface area (Å²) in [6, 6.07) is 17.9. The molecule has 1 aliphatic rings. The molecule has 0 radical (unpaired) electrons. The molecule has 7 nitrogen and oxygen atoms in total. The highest BCUT2D eigenvalue weighted by Crippen LogP contribution is 2.34. The molecule has 5 aromatic rings. The monoisotopic (exact) mass is 509 g/mol. The Labute approximate surface area is 219 Å². The van der Waals surface area contributed by atoms with E-state index < -0.39 is 0 Å². The smallest absolute Gasteiger partial charge is 0.189 e. The molecule has 0 bridgehead atoms. The van der Waals surface area contributed by atoms with Gasteiger partial charge in [0.05, 0.1) is 33.0 Å². The van der Waals surface area contributed by atoms with E-state index in [-0.39, 0.29) is 5.41 Å². The second kappa shape index (κ2) is 9.12. The van der Waals surface area contributed by atoms with Gasteiger partial charge in [0.25, 0.3) is 0 Å². The Kier molecular flexibility index (Phi) is 5.76. The first-order valence-corrected chi connectivity index (χ1v) is 13.0. The highest BCUT2D eigenvalue weighted by molar-refractivity contribution is 7.18. The number of nitrogens with one attached hydrogen (secondary N) is 1. The van der Waals surface area contributed by atoms with Gasteiger partial charge < -0.3 is 14.8 Å². The maximum atomic E-state index is 6.19. The van der Waals surface area contributed by atoms with Gasteiger partial charge in [0.1, 0.15) is 23.6 Å². The van der Waals surface area contributed by atoms with Crippen molar-refractivity contribution < 1.29 is 9.47 Å². The summed E-state index contributed by atoms with van der Waals surface area (Å²) in [5.41, 5.74) is 4.71. The van der Waals surface area contributed by atoms with Crippen molar-refractivity contribution in [3.05, 3.63) is 71.5 Å². The summed E-state index contributed by atoms with van der Waals surface area (Å²) < 4.78 is 13.1. The molecular weight excluding hydrogens is 482 g/mol. The first-order chi connectivity index (χ1) is 17.8. The highest BCUT2D eigenvalue weighted by atomic mass is 32.1. The first kappa shape index (κ1) is 23.4. The van der Waals surface area contributed by atoms with Gasteiger partial charge in [0.2, 0.25) is 0 Å². The summed E-state index contributed by atoms with van der Waals surface area (Å²) in [7, 11) is 0. The van der Waals surface area contributed by atoms with E-state index in [0.29, 0.717) is 6.61 Å². The lowest BCUT2D eigenvalue weighted by atomic mass is 9.93. The Hall–Kier alpha value is -4.04. The number of aryl methyl sites for hydroxylation is 2. The lowest BCUT2D eigenvalue weighted by Gasteiger charge is -2.13. The number of hydrogen-bond donors (Lipinski definition) is 1. The molecule has 3 aromatic carbocycles. The molecule has 186 valence electrons. The van der Waals surface area contributed by atoms with Crippen molar-refractivity contribution in [2.24, 2.45) is 10.4 Å². The Morgan fingerprint density at radius 1 is 1.00 bits per heavy atom. The number of aliphatic imine (C=N–C) groups is 1. The normalized spacial score (nSPS) is 15.8. The molecule has 2 aromatic heterocycles. The summed E-state index contributed by atoms with van der Waals surface area (Å²) in [5.74, 6) is 3.09. The van der Waals surface area contributed by atoms with Crippen molar-refractivity contribution in [2.75, 3.05) is 11.9 Å². The third kappa shape index (κ3) is 4.97. The fourth-order valence-electron chi connectivity index (χ4n) is 4.41. The molecule has 1 fully saturated rings. The van der Waals surface area contributed by atoms with Gasteiger partial charge in [-0.15, -0.1) is 11.3 Å². The van der Waals surface area contributed by atoms with Gasteiger partial charge >= 0.3 is 0 Å². The van der Waals surface area contributed by atoms with Crippen LogP contribution >= 0.6 is 11.3 Å². The number of ether oxygens (including phenoxy) is 2. The van der Waals surface area contributed by atoms with Gasteiger partial charge in [-0.3, -0.25) is 0 Å². The van der Waals surface area contributed by atoms with Crippen LogP contribution in [0.1, 0.15) is 30.8 Å². The van der Waals surface area contributed by atoms with Crippen LogP contribution in [0.3, 0.4) is 0 Å². The molecule has 6 rings (SSSR count). The van der Waals surface area contributed by atoms with Crippen molar-refractivity contribution >= 4 is 55.5 Å². The van der Waals surface area contributed by atoms with Gasteiger partial charge in [-0.1, -0.05) is 13.8 Å². The second-order valence-electron chi connectivity index (χ2n) is 10.1. The van der Waals surface area contributed by atoms with Gasteiger partial charge in [-0.2, -0.15) is 0 Å². The zero-order valence-electron chi connectivity index (χ0n) is 21.2. The van der Waals surface area contributed by atoms with Gasteiger partial charge in [-0.25, -0.2) is 19.9 Å². The molecule has 1 saturated heterocycles. The number of thiazole rings is 1. The minimum absolute atomic E-state index is 0.117. The molecule has 0 aliphatic carbocycles. The number of rotatable bonds is 5. The molecule has 0 spiro atoms. The van der Waals surface area contributed by atoms with Crippen molar-refractivity contribution in [3.63, 3.8) is 0 Å². The fraction of sp³-hybridized carbons (Fsp3) is 0.241. The van der Waals surface area contributed by atoms with E-state index in [2.05, 4.69) is 40.2 Å². The van der Waals surface area contributed by atoms with E-state index >= 15 is 0 Å². The molecule has 0 unspecified atom stereocenters. The average molecular weight is 510 g/mol. The Morgan fingerprint density at radius 2 is 1.86 bits per heavy atom. The maximum Gasteiger partial charge on any atom is 0.189 e. The van der Waals surface area contributed by atoms with Crippen LogP contribution in [-0.2, 0) is 4.74 Å². The quantitative estimate of drug-likeness (QED) is 0.260.